The summed E-state index contributed by atoms with van der Waals surface area (Å²) < 4.78 is 10.8. The highest BCUT2D eigenvalue weighted by Gasteiger charge is 2.37. The van der Waals surface area contributed by atoms with Gasteiger partial charge in [0, 0.05) is 0 Å². The number of nitrogens with two attached hydrogens (primary N) is 1. The number of hydrogen-bond donors (Lipinski definition) is 1. The lowest BCUT2D eigenvalue weighted by molar-refractivity contribution is -0.139. The number of carbonyl (C=O) groups excluding carboxylic acids is 1. The first-order valence-corrected chi connectivity index (χ1v) is 9.10. The zero-order valence-electron chi connectivity index (χ0n) is 16.2. The Bertz CT molecular complexity index is 1030. The van der Waals surface area contributed by atoms with Gasteiger partial charge >= 0.3 is 5.97 Å². The van der Waals surface area contributed by atoms with Crippen molar-refractivity contribution in [2.75, 3.05) is 6.61 Å². The molecule has 0 aromatic heterocycles. The molecule has 5 heteroatoms. The van der Waals surface area contributed by atoms with Gasteiger partial charge in [0.25, 0.3) is 0 Å². The topological polar surface area (TPSA) is 85.3 Å². The second-order valence-electron chi connectivity index (χ2n) is 6.52. The Balaban J connectivity index is 2.27. The first-order valence-electron chi connectivity index (χ1n) is 9.10. The molecule has 0 radical (unpaired) electrons. The summed E-state index contributed by atoms with van der Waals surface area (Å²) in [5, 5.41) is 9.78. The molecule has 5 nitrogen and oxygen atoms in total. The minimum atomic E-state index is -0.659. The number of benzene rings is 2. The summed E-state index contributed by atoms with van der Waals surface area (Å²) in [7, 11) is 0. The van der Waals surface area contributed by atoms with E-state index in [0.29, 0.717) is 11.3 Å². The first-order chi connectivity index (χ1) is 13.5. The fourth-order valence-corrected chi connectivity index (χ4v) is 3.53. The maximum Gasteiger partial charge on any atom is 0.338 e. The van der Waals surface area contributed by atoms with Gasteiger partial charge in [0.2, 0.25) is 5.88 Å². The van der Waals surface area contributed by atoms with Gasteiger partial charge in [-0.3, -0.25) is 0 Å². The van der Waals surface area contributed by atoms with Crippen LogP contribution < -0.4 is 5.73 Å². The summed E-state index contributed by atoms with van der Waals surface area (Å²) in [6, 6.07) is 17.8. The number of carbonyl (C=O) groups is 1. The van der Waals surface area contributed by atoms with Crippen molar-refractivity contribution in [3.63, 3.8) is 0 Å². The second kappa shape index (κ2) is 8.01. The lowest BCUT2D eigenvalue weighted by atomic mass is 9.79. The van der Waals surface area contributed by atoms with Crippen molar-refractivity contribution in [2.24, 2.45) is 5.73 Å². The molecule has 0 saturated carbocycles. The molecule has 1 atom stereocenters. The average molecular weight is 374 g/mol. The molecule has 142 valence electrons. The van der Waals surface area contributed by atoms with Crippen molar-refractivity contribution in [3.8, 4) is 17.2 Å². The van der Waals surface area contributed by atoms with Crippen LogP contribution in [0.5, 0.6) is 0 Å². The summed E-state index contributed by atoms with van der Waals surface area (Å²) in [5.41, 5.74) is 10.4. The highest BCUT2D eigenvalue weighted by atomic mass is 16.5. The van der Waals surface area contributed by atoms with Crippen molar-refractivity contribution in [1.82, 2.24) is 0 Å². The van der Waals surface area contributed by atoms with Gasteiger partial charge in [-0.2, -0.15) is 5.26 Å². The van der Waals surface area contributed by atoms with E-state index in [1.54, 1.807) is 13.8 Å². The van der Waals surface area contributed by atoms with E-state index in [0.717, 1.165) is 22.3 Å². The SMILES string of the molecule is CCOC(=O)C1=C(C)OC(N)=C(C#N)C1c1ccccc1-c1ccccc1C. The minimum absolute atomic E-state index is 0.0117. The molecule has 0 spiro atoms. The average Bonchev–Trinajstić information content (AvgIpc) is 2.68. The van der Waals surface area contributed by atoms with Crippen LogP contribution >= 0.6 is 0 Å². The number of nitrogens with zero attached hydrogens (tertiary/aromatic N) is 1. The summed E-state index contributed by atoms with van der Waals surface area (Å²) in [4.78, 5) is 12.7. The Labute approximate surface area is 164 Å². The molecule has 1 aliphatic rings. The van der Waals surface area contributed by atoms with Crippen molar-refractivity contribution in [3.05, 3.63) is 82.4 Å². The van der Waals surface area contributed by atoms with Crippen LogP contribution in [0.25, 0.3) is 11.1 Å². The highest BCUT2D eigenvalue weighted by molar-refractivity contribution is 5.93. The van der Waals surface area contributed by atoms with E-state index in [9.17, 15) is 10.1 Å². The van der Waals surface area contributed by atoms with Gasteiger partial charge in [0.15, 0.2) is 0 Å². The first kappa shape index (κ1) is 19.2. The minimum Gasteiger partial charge on any atom is -0.463 e. The Morgan fingerprint density at radius 3 is 2.43 bits per heavy atom. The number of esters is 1. The highest BCUT2D eigenvalue weighted by Crippen LogP contribution is 2.43. The zero-order valence-corrected chi connectivity index (χ0v) is 16.2. The van der Waals surface area contributed by atoms with Crippen LogP contribution in [-0.4, -0.2) is 12.6 Å². The second-order valence-corrected chi connectivity index (χ2v) is 6.52. The lowest BCUT2D eigenvalue weighted by Gasteiger charge is -2.28. The molecule has 0 fully saturated rings. The van der Waals surface area contributed by atoms with Crippen molar-refractivity contribution in [2.45, 2.75) is 26.7 Å². The molecule has 0 aliphatic carbocycles. The van der Waals surface area contributed by atoms with Gasteiger partial charge in [0.1, 0.15) is 17.4 Å². The molecule has 0 amide bonds. The number of aryl methyl sites for hydroxylation is 1. The number of nitriles is 1. The maximum absolute atomic E-state index is 12.7. The number of allylic oxidation sites excluding steroid dienone is 2. The summed E-state index contributed by atoms with van der Waals surface area (Å²) in [6.07, 6.45) is 0. The molecular formula is C23H22N2O3. The number of hydrogen-bond acceptors (Lipinski definition) is 5. The van der Waals surface area contributed by atoms with Gasteiger partial charge in [0.05, 0.1) is 18.1 Å². The molecule has 28 heavy (non-hydrogen) atoms. The van der Waals surface area contributed by atoms with Crippen LogP contribution in [0.4, 0.5) is 0 Å². The lowest BCUT2D eigenvalue weighted by Crippen LogP contribution is -2.26. The molecule has 0 bridgehead atoms. The third-order valence-electron chi connectivity index (χ3n) is 4.81. The molecule has 2 aromatic carbocycles. The molecule has 2 N–H and O–H groups in total. The van der Waals surface area contributed by atoms with Gasteiger partial charge in [-0.25, -0.2) is 4.79 Å². The van der Waals surface area contributed by atoms with Gasteiger partial charge in [-0.15, -0.1) is 0 Å². The smallest absolute Gasteiger partial charge is 0.338 e. The van der Waals surface area contributed by atoms with Crippen molar-refractivity contribution >= 4 is 5.97 Å². The number of rotatable bonds is 4. The fraction of sp³-hybridized carbons (Fsp3) is 0.217. The van der Waals surface area contributed by atoms with E-state index in [1.165, 1.54) is 0 Å². The van der Waals surface area contributed by atoms with Crippen molar-refractivity contribution in [1.29, 1.82) is 5.26 Å². The van der Waals surface area contributed by atoms with Crippen LogP contribution in [-0.2, 0) is 14.3 Å². The van der Waals surface area contributed by atoms with Gasteiger partial charge < -0.3 is 15.2 Å². The molecule has 2 aromatic rings. The van der Waals surface area contributed by atoms with E-state index < -0.39 is 11.9 Å². The largest absolute Gasteiger partial charge is 0.463 e. The molecule has 1 unspecified atom stereocenters. The normalized spacial score (nSPS) is 16.4. The molecule has 1 aliphatic heterocycles. The van der Waals surface area contributed by atoms with Gasteiger partial charge in [-0.05, 0) is 43.0 Å². The molecule has 0 saturated heterocycles. The number of ether oxygens (including phenoxy) is 2. The monoisotopic (exact) mass is 374 g/mol. The van der Waals surface area contributed by atoms with E-state index in [1.807, 2.05) is 55.5 Å². The summed E-state index contributed by atoms with van der Waals surface area (Å²) in [6.45, 7) is 5.65. The zero-order chi connectivity index (χ0) is 20.3. The third-order valence-corrected chi connectivity index (χ3v) is 4.81. The molecule has 1 heterocycles. The van der Waals surface area contributed by atoms with Crippen molar-refractivity contribution < 1.29 is 14.3 Å². The Morgan fingerprint density at radius 1 is 1.14 bits per heavy atom. The molecule has 3 rings (SSSR count). The van der Waals surface area contributed by atoms with Crippen LogP contribution in [0.2, 0.25) is 0 Å². The van der Waals surface area contributed by atoms with Crippen LogP contribution in [0.1, 0.15) is 30.9 Å². The predicted molar refractivity (Wildman–Crippen MR) is 107 cm³/mol. The van der Waals surface area contributed by atoms with Crippen LogP contribution in [0, 0.1) is 18.3 Å². The Kier molecular flexibility index (Phi) is 5.51. The van der Waals surface area contributed by atoms with Crippen LogP contribution in [0.3, 0.4) is 0 Å². The van der Waals surface area contributed by atoms with E-state index in [4.69, 9.17) is 15.2 Å². The molecular weight excluding hydrogens is 352 g/mol. The predicted octanol–water partition coefficient (Wildman–Crippen LogP) is 4.31. The third kappa shape index (κ3) is 3.37. The summed E-state index contributed by atoms with van der Waals surface area (Å²) >= 11 is 0. The quantitative estimate of drug-likeness (QED) is 0.806. The maximum atomic E-state index is 12.7. The van der Waals surface area contributed by atoms with E-state index in [2.05, 4.69) is 6.07 Å². The van der Waals surface area contributed by atoms with E-state index in [-0.39, 0.29) is 18.1 Å². The fourth-order valence-electron chi connectivity index (χ4n) is 3.53. The Morgan fingerprint density at radius 2 is 1.79 bits per heavy atom. The standard InChI is InChI=1S/C23H22N2O3/c1-4-27-23(26)20-15(3)28-22(25)19(13-24)21(20)18-12-8-7-11-17(18)16-10-6-5-9-14(16)2/h5-12,21H,4,25H2,1-3H3. The van der Waals surface area contributed by atoms with Crippen LogP contribution in [0.15, 0.2) is 71.3 Å². The van der Waals surface area contributed by atoms with E-state index >= 15 is 0 Å². The van der Waals surface area contributed by atoms with Gasteiger partial charge in [-0.1, -0.05) is 48.5 Å². The Hall–Kier alpha value is -3.52. The summed E-state index contributed by atoms with van der Waals surface area (Å²) in [5.74, 6) is -0.810.